The number of hydrogen-bond acceptors (Lipinski definition) is 4. The van der Waals surface area contributed by atoms with Gasteiger partial charge in [-0.2, -0.15) is 0 Å². The third kappa shape index (κ3) is 3.15. The van der Waals surface area contributed by atoms with E-state index in [9.17, 15) is 0 Å². The summed E-state index contributed by atoms with van der Waals surface area (Å²) < 4.78 is 13.7. The second-order valence-electron chi connectivity index (χ2n) is 4.85. The fraction of sp³-hybridized carbons (Fsp3) is 0.583. The number of pyridine rings is 1. The van der Waals surface area contributed by atoms with Crippen molar-refractivity contribution in [2.75, 3.05) is 24.4 Å². The first-order valence-corrected chi connectivity index (χ1v) is 7.00. The highest BCUT2D eigenvalue weighted by molar-refractivity contribution is 7.49. The van der Waals surface area contributed by atoms with Gasteiger partial charge in [0.1, 0.15) is 5.82 Å². The van der Waals surface area contributed by atoms with Crippen molar-refractivity contribution in [1.29, 1.82) is 0 Å². The fourth-order valence-corrected chi connectivity index (χ4v) is 3.34. The van der Waals surface area contributed by atoms with Gasteiger partial charge in [0.2, 0.25) is 0 Å². The van der Waals surface area contributed by atoms with Crippen molar-refractivity contribution >= 4 is 14.3 Å². The summed E-state index contributed by atoms with van der Waals surface area (Å²) in [6, 6.07) is 5.88. The Morgan fingerprint density at radius 1 is 1.35 bits per heavy atom. The van der Waals surface area contributed by atoms with Gasteiger partial charge in [-0.25, -0.2) is 4.98 Å². The van der Waals surface area contributed by atoms with Crippen molar-refractivity contribution in [1.82, 2.24) is 4.98 Å². The lowest BCUT2D eigenvalue weighted by molar-refractivity contribution is 0.0609. The Morgan fingerprint density at radius 3 is 2.59 bits per heavy atom. The van der Waals surface area contributed by atoms with Crippen molar-refractivity contribution in [2.24, 2.45) is 5.41 Å². The van der Waals surface area contributed by atoms with Crippen LogP contribution < -0.4 is 4.67 Å². The third-order valence-electron chi connectivity index (χ3n) is 2.54. The Labute approximate surface area is 104 Å². The van der Waals surface area contributed by atoms with Gasteiger partial charge in [0.15, 0.2) is 0 Å². The summed E-state index contributed by atoms with van der Waals surface area (Å²) in [6.07, 6.45) is 1.79. The van der Waals surface area contributed by atoms with E-state index in [1.807, 2.05) is 18.2 Å². The molecule has 17 heavy (non-hydrogen) atoms. The van der Waals surface area contributed by atoms with Gasteiger partial charge in [0, 0.05) is 18.2 Å². The van der Waals surface area contributed by atoms with Crippen molar-refractivity contribution in [3.05, 3.63) is 24.4 Å². The lowest BCUT2D eigenvalue weighted by Crippen LogP contribution is -2.33. The van der Waals surface area contributed by atoms with Gasteiger partial charge < -0.3 is 9.05 Å². The van der Waals surface area contributed by atoms with Crippen LogP contribution in [0.3, 0.4) is 0 Å². The molecule has 1 aliphatic heterocycles. The Balaban J connectivity index is 2.05. The first-order chi connectivity index (χ1) is 8.12. The molecule has 1 saturated heterocycles. The highest BCUT2D eigenvalue weighted by atomic mass is 31.2. The first-order valence-electron chi connectivity index (χ1n) is 5.87. The zero-order chi connectivity index (χ0) is 12.3. The molecule has 4 nitrogen and oxygen atoms in total. The van der Waals surface area contributed by atoms with Gasteiger partial charge in [0.25, 0.3) is 8.53 Å². The zero-order valence-corrected chi connectivity index (χ0v) is 11.5. The monoisotopic (exact) mass is 254 g/mol. The lowest BCUT2D eigenvalue weighted by Gasteiger charge is -2.38. The molecule has 0 unspecified atom stereocenters. The molecule has 0 saturated carbocycles. The van der Waals surface area contributed by atoms with E-state index in [1.54, 1.807) is 6.20 Å². The van der Waals surface area contributed by atoms with Crippen LogP contribution in [-0.2, 0) is 9.05 Å². The van der Waals surface area contributed by atoms with Crippen molar-refractivity contribution in [3.8, 4) is 0 Å². The van der Waals surface area contributed by atoms with Crippen molar-refractivity contribution in [3.63, 3.8) is 0 Å². The average molecular weight is 254 g/mol. The van der Waals surface area contributed by atoms with Crippen LogP contribution in [0.1, 0.15) is 20.8 Å². The highest BCUT2D eigenvalue weighted by Gasteiger charge is 2.33. The van der Waals surface area contributed by atoms with E-state index in [-0.39, 0.29) is 5.41 Å². The molecule has 0 aliphatic carbocycles. The second-order valence-corrected chi connectivity index (χ2v) is 6.33. The molecule has 1 aliphatic rings. The van der Waals surface area contributed by atoms with Gasteiger partial charge in [-0.3, -0.25) is 4.67 Å². The number of nitrogens with zero attached hydrogens (tertiary/aromatic N) is 2. The Hall–Kier alpha value is -0.700. The molecular weight excluding hydrogens is 235 g/mol. The van der Waals surface area contributed by atoms with Crippen LogP contribution in [-0.4, -0.2) is 24.7 Å². The minimum Gasteiger partial charge on any atom is -0.317 e. The molecular formula is C12H19N2O2P. The predicted octanol–water partition coefficient (Wildman–Crippen LogP) is 3.21. The molecule has 0 radical (unpaired) electrons. The summed E-state index contributed by atoms with van der Waals surface area (Å²) in [5.41, 5.74) is 0.113. The summed E-state index contributed by atoms with van der Waals surface area (Å²) in [5.74, 6) is 0.917. The van der Waals surface area contributed by atoms with Crippen LogP contribution in [0.15, 0.2) is 24.4 Å². The molecule has 0 bridgehead atoms. The van der Waals surface area contributed by atoms with E-state index in [4.69, 9.17) is 9.05 Å². The quantitative estimate of drug-likeness (QED) is 0.776. The molecule has 1 aromatic heterocycles. The molecule has 94 valence electrons. The summed E-state index contributed by atoms with van der Waals surface area (Å²) in [5, 5.41) is 0. The largest absolute Gasteiger partial charge is 0.317 e. The molecule has 0 amide bonds. The minimum atomic E-state index is -0.999. The zero-order valence-electron chi connectivity index (χ0n) is 10.6. The molecule has 0 aromatic carbocycles. The summed E-state index contributed by atoms with van der Waals surface area (Å²) in [7, 11) is -0.999. The third-order valence-corrected chi connectivity index (χ3v) is 4.12. The van der Waals surface area contributed by atoms with Crippen LogP contribution in [0.4, 0.5) is 5.82 Å². The standard InChI is InChI=1S/C12H19N2O2P/c1-4-14(11-7-5-6-8-13-11)17-15-9-12(2,3)10-16-17/h5-8H,4,9-10H2,1-3H3. The fourth-order valence-electron chi connectivity index (χ4n) is 1.55. The molecule has 0 N–H and O–H groups in total. The first kappa shape index (κ1) is 12.7. The molecule has 2 rings (SSSR count). The highest BCUT2D eigenvalue weighted by Crippen LogP contribution is 2.50. The molecule has 1 fully saturated rings. The van der Waals surface area contributed by atoms with E-state index in [1.165, 1.54) is 0 Å². The number of anilines is 1. The number of hydrogen-bond donors (Lipinski definition) is 0. The molecule has 0 spiro atoms. The van der Waals surface area contributed by atoms with E-state index in [0.717, 1.165) is 25.6 Å². The van der Waals surface area contributed by atoms with Crippen LogP contribution >= 0.6 is 8.53 Å². The Kier molecular flexibility index (Phi) is 3.97. The Bertz CT molecular complexity index is 349. The van der Waals surface area contributed by atoms with Crippen molar-refractivity contribution in [2.45, 2.75) is 20.8 Å². The van der Waals surface area contributed by atoms with Crippen LogP contribution in [0, 0.1) is 5.41 Å². The summed E-state index contributed by atoms with van der Waals surface area (Å²) >= 11 is 0. The van der Waals surface area contributed by atoms with Crippen molar-refractivity contribution < 1.29 is 9.05 Å². The normalized spacial score (nSPS) is 20.2. The minimum absolute atomic E-state index is 0.113. The molecule has 2 heterocycles. The smallest absolute Gasteiger partial charge is 0.291 e. The van der Waals surface area contributed by atoms with E-state index in [0.29, 0.717) is 0 Å². The van der Waals surface area contributed by atoms with Gasteiger partial charge in [-0.1, -0.05) is 19.9 Å². The van der Waals surface area contributed by atoms with E-state index >= 15 is 0 Å². The Morgan fingerprint density at radius 2 is 2.06 bits per heavy atom. The van der Waals surface area contributed by atoms with Gasteiger partial charge in [0.05, 0.1) is 13.2 Å². The van der Waals surface area contributed by atoms with Crippen LogP contribution in [0.2, 0.25) is 0 Å². The lowest BCUT2D eigenvalue weighted by atomic mass is 9.97. The van der Waals surface area contributed by atoms with Crippen LogP contribution in [0.25, 0.3) is 0 Å². The average Bonchev–Trinajstić information content (AvgIpc) is 2.33. The number of rotatable bonds is 3. The molecule has 5 heteroatoms. The van der Waals surface area contributed by atoms with E-state index < -0.39 is 8.53 Å². The topological polar surface area (TPSA) is 34.6 Å². The van der Waals surface area contributed by atoms with E-state index in [2.05, 4.69) is 30.4 Å². The maximum absolute atomic E-state index is 5.83. The maximum Gasteiger partial charge on any atom is 0.291 e. The maximum atomic E-state index is 5.83. The van der Waals surface area contributed by atoms with Gasteiger partial charge >= 0.3 is 0 Å². The van der Waals surface area contributed by atoms with Gasteiger partial charge in [-0.15, -0.1) is 0 Å². The summed E-state index contributed by atoms with van der Waals surface area (Å²) in [4.78, 5) is 4.34. The SMILES string of the molecule is CCN(c1ccccn1)P1OCC(C)(C)CO1. The molecule has 1 aromatic rings. The van der Waals surface area contributed by atoms with Crippen LogP contribution in [0.5, 0.6) is 0 Å². The van der Waals surface area contributed by atoms with Gasteiger partial charge in [-0.05, 0) is 19.1 Å². The summed E-state index contributed by atoms with van der Waals surface area (Å²) in [6.45, 7) is 8.70. The predicted molar refractivity (Wildman–Crippen MR) is 69.9 cm³/mol. The number of aromatic nitrogens is 1. The second kappa shape index (κ2) is 5.30. The molecule has 0 atom stereocenters.